The van der Waals surface area contributed by atoms with Crippen molar-refractivity contribution in [2.75, 3.05) is 18.0 Å². The molecule has 1 aromatic rings. The Bertz CT molecular complexity index is 487. The highest BCUT2D eigenvalue weighted by Crippen LogP contribution is 2.17. The number of alkyl carbamates (subject to hydrolysis) is 1. The topological polar surface area (TPSA) is 67.3 Å². The Kier molecular flexibility index (Phi) is 5.23. The van der Waals surface area contributed by atoms with Crippen LogP contribution in [0.3, 0.4) is 0 Å². The quantitative estimate of drug-likeness (QED) is 0.768. The molecule has 1 saturated heterocycles. The highest BCUT2D eigenvalue weighted by molar-refractivity contribution is 14.1. The molecule has 6 nitrogen and oxygen atoms in total. The number of carbonyl (C=O) groups is 1. The number of carbonyl (C=O) groups excluding carboxylic acids is 1. The molecule has 1 N–H and O–H groups in total. The van der Waals surface area contributed by atoms with Gasteiger partial charge in [-0.3, -0.25) is 0 Å². The molecule has 1 aliphatic rings. The van der Waals surface area contributed by atoms with Crippen LogP contribution in [-0.2, 0) is 4.74 Å². The zero-order chi connectivity index (χ0) is 15.5. The smallest absolute Gasteiger partial charge is 0.407 e. The molecule has 0 spiro atoms. The molecule has 1 fully saturated rings. The minimum absolute atomic E-state index is 0.0662. The minimum atomic E-state index is -0.475. The highest BCUT2D eigenvalue weighted by Gasteiger charge is 2.25. The second-order valence-electron chi connectivity index (χ2n) is 6.13. The van der Waals surface area contributed by atoms with Gasteiger partial charge in [-0.15, -0.1) is 0 Å². The van der Waals surface area contributed by atoms with Crippen molar-refractivity contribution in [3.8, 4) is 0 Å². The van der Waals surface area contributed by atoms with Crippen LogP contribution in [0.5, 0.6) is 0 Å². The van der Waals surface area contributed by atoms with E-state index in [-0.39, 0.29) is 12.1 Å². The molecule has 0 saturated carbocycles. The van der Waals surface area contributed by atoms with Crippen LogP contribution in [0, 0.1) is 3.57 Å². The summed E-state index contributed by atoms with van der Waals surface area (Å²) in [4.78, 5) is 22.6. The normalized spacial score (nSPS) is 19.2. The number of ether oxygens (including phenoxy) is 1. The van der Waals surface area contributed by atoms with Crippen LogP contribution in [0.25, 0.3) is 0 Å². The number of halogens is 1. The Balaban J connectivity index is 1.91. The van der Waals surface area contributed by atoms with Gasteiger partial charge in [0.05, 0.1) is 0 Å². The molecule has 7 heteroatoms. The molecule has 0 radical (unpaired) electrons. The Labute approximate surface area is 138 Å². The van der Waals surface area contributed by atoms with Gasteiger partial charge in [-0.05, 0) is 56.2 Å². The highest BCUT2D eigenvalue weighted by atomic mass is 127. The van der Waals surface area contributed by atoms with E-state index in [0.29, 0.717) is 12.5 Å². The molecule has 1 aliphatic heterocycles. The predicted octanol–water partition coefficient (Wildman–Crippen LogP) is 2.57. The van der Waals surface area contributed by atoms with Crippen molar-refractivity contribution in [1.82, 2.24) is 15.3 Å². The van der Waals surface area contributed by atoms with Crippen molar-refractivity contribution in [3.05, 3.63) is 16.0 Å². The average molecular weight is 404 g/mol. The van der Waals surface area contributed by atoms with Gasteiger partial charge in [0.15, 0.2) is 0 Å². The first-order valence-electron chi connectivity index (χ1n) is 7.05. The van der Waals surface area contributed by atoms with Crippen LogP contribution in [-0.4, -0.2) is 40.8 Å². The van der Waals surface area contributed by atoms with E-state index >= 15 is 0 Å². The maximum Gasteiger partial charge on any atom is 0.407 e. The zero-order valence-electron chi connectivity index (χ0n) is 12.6. The summed E-state index contributed by atoms with van der Waals surface area (Å²) in [7, 11) is 0. The number of aromatic nitrogens is 2. The van der Waals surface area contributed by atoms with E-state index in [1.54, 1.807) is 12.4 Å². The van der Waals surface area contributed by atoms with E-state index in [9.17, 15) is 4.79 Å². The van der Waals surface area contributed by atoms with Crippen LogP contribution in [0.1, 0.15) is 33.6 Å². The SMILES string of the molecule is CC(C)(C)OC(=O)N[C@@H]1CCCN(c2ncc(I)cn2)C1. The Morgan fingerprint density at radius 1 is 1.43 bits per heavy atom. The van der Waals surface area contributed by atoms with Crippen molar-refractivity contribution in [2.24, 2.45) is 0 Å². The summed E-state index contributed by atoms with van der Waals surface area (Å²) in [5.41, 5.74) is -0.475. The van der Waals surface area contributed by atoms with Crippen LogP contribution < -0.4 is 10.2 Å². The van der Waals surface area contributed by atoms with Crippen molar-refractivity contribution < 1.29 is 9.53 Å². The number of piperidine rings is 1. The van der Waals surface area contributed by atoms with Gasteiger partial charge in [0, 0.05) is 35.1 Å². The lowest BCUT2D eigenvalue weighted by Crippen LogP contribution is -2.49. The molecule has 2 rings (SSSR count). The summed E-state index contributed by atoms with van der Waals surface area (Å²) < 4.78 is 6.31. The third-order valence-corrected chi connectivity index (χ3v) is 3.59. The van der Waals surface area contributed by atoms with Crippen LogP contribution in [0.15, 0.2) is 12.4 Å². The number of anilines is 1. The van der Waals surface area contributed by atoms with Crippen LogP contribution >= 0.6 is 22.6 Å². The summed E-state index contributed by atoms with van der Waals surface area (Å²) in [6, 6.07) is 0.0662. The van der Waals surface area contributed by atoms with Crippen molar-refractivity contribution in [1.29, 1.82) is 0 Å². The Morgan fingerprint density at radius 2 is 2.10 bits per heavy atom. The zero-order valence-corrected chi connectivity index (χ0v) is 14.8. The minimum Gasteiger partial charge on any atom is -0.444 e. The van der Waals surface area contributed by atoms with Gasteiger partial charge in [-0.25, -0.2) is 14.8 Å². The number of amides is 1. The molecule has 116 valence electrons. The van der Waals surface area contributed by atoms with Gasteiger partial charge in [-0.1, -0.05) is 0 Å². The third-order valence-electron chi connectivity index (χ3n) is 3.03. The molecular formula is C14H21IN4O2. The van der Waals surface area contributed by atoms with Gasteiger partial charge in [-0.2, -0.15) is 0 Å². The molecule has 0 aliphatic carbocycles. The molecule has 21 heavy (non-hydrogen) atoms. The van der Waals surface area contributed by atoms with Gasteiger partial charge in [0.1, 0.15) is 5.60 Å². The first-order valence-corrected chi connectivity index (χ1v) is 8.13. The van der Waals surface area contributed by atoms with Crippen molar-refractivity contribution in [2.45, 2.75) is 45.3 Å². The summed E-state index contributed by atoms with van der Waals surface area (Å²) in [5.74, 6) is 0.714. The van der Waals surface area contributed by atoms with Crippen molar-refractivity contribution >= 4 is 34.6 Å². The Hall–Kier alpha value is -1.12. The number of nitrogens with zero attached hydrogens (tertiary/aromatic N) is 3. The van der Waals surface area contributed by atoms with E-state index in [0.717, 1.165) is 23.0 Å². The van der Waals surface area contributed by atoms with E-state index in [2.05, 4.69) is 42.8 Å². The largest absolute Gasteiger partial charge is 0.444 e. The molecule has 1 aromatic heterocycles. The molecule has 0 aromatic carbocycles. The molecule has 0 unspecified atom stereocenters. The van der Waals surface area contributed by atoms with Crippen LogP contribution in [0.2, 0.25) is 0 Å². The molecule has 2 heterocycles. The predicted molar refractivity (Wildman–Crippen MR) is 89.4 cm³/mol. The number of nitrogens with one attached hydrogen (secondary N) is 1. The average Bonchev–Trinajstić information content (AvgIpc) is 2.37. The summed E-state index contributed by atoms with van der Waals surface area (Å²) in [6.45, 7) is 7.20. The second kappa shape index (κ2) is 6.76. The summed E-state index contributed by atoms with van der Waals surface area (Å²) in [6.07, 6.45) is 5.18. The van der Waals surface area contributed by atoms with Gasteiger partial charge in [0.2, 0.25) is 5.95 Å². The standard InChI is InChI=1S/C14H21IN4O2/c1-14(2,3)21-13(20)18-11-5-4-6-19(9-11)12-16-7-10(15)8-17-12/h7-8,11H,4-6,9H2,1-3H3,(H,18,20)/t11-/m1/s1. The fraction of sp³-hybridized carbons (Fsp3) is 0.643. The fourth-order valence-corrected chi connectivity index (χ4v) is 2.50. The lowest BCUT2D eigenvalue weighted by molar-refractivity contribution is 0.0500. The second-order valence-corrected chi connectivity index (χ2v) is 7.38. The van der Waals surface area contributed by atoms with E-state index < -0.39 is 5.60 Å². The Morgan fingerprint density at radius 3 is 2.71 bits per heavy atom. The van der Waals surface area contributed by atoms with Gasteiger partial charge in [0.25, 0.3) is 0 Å². The lowest BCUT2D eigenvalue weighted by atomic mass is 10.1. The van der Waals surface area contributed by atoms with Crippen molar-refractivity contribution in [3.63, 3.8) is 0 Å². The summed E-state index contributed by atoms with van der Waals surface area (Å²) >= 11 is 2.18. The first-order chi connectivity index (χ1) is 9.83. The number of hydrogen-bond acceptors (Lipinski definition) is 5. The first kappa shape index (κ1) is 16.3. The summed E-state index contributed by atoms with van der Waals surface area (Å²) in [5, 5.41) is 2.93. The van der Waals surface area contributed by atoms with Gasteiger partial charge < -0.3 is 15.0 Å². The molecule has 1 amide bonds. The van der Waals surface area contributed by atoms with E-state index in [1.165, 1.54) is 0 Å². The van der Waals surface area contributed by atoms with Crippen LogP contribution in [0.4, 0.5) is 10.7 Å². The number of rotatable bonds is 2. The van der Waals surface area contributed by atoms with Gasteiger partial charge >= 0.3 is 6.09 Å². The maximum atomic E-state index is 11.8. The number of hydrogen-bond donors (Lipinski definition) is 1. The van der Waals surface area contributed by atoms with E-state index in [1.807, 2.05) is 20.8 Å². The monoisotopic (exact) mass is 404 g/mol. The van der Waals surface area contributed by atoms with E-state index in [4.69, 9.17) is 4.74 Å². The molecule has 1 atom stereocenters. The molecular weight excluding hydrogens is 383 g/mol. The fourth-order valence-electron chi connectivity index (χ4n) is 2.22. The third kappa shape index (κ3) is 5.29. The lowest BCUT2D eigenvalue weighted by Gasteiger charge is -2.33. The molecule has 0 bridgehead atoms. The maximum absolute atomic E-state index is 11.8.